The molecule has 102 valence electrons. The summed E-state index contributed by atoms with van der Waals surface area (Å²) in [5.41, 5.74) is 6.78. The van der Waals surface area contributed by atoms with E-state index < -0.39 is 0 Å². The molecule has 19 heavy (non-hydrogen) atoms. The third-order valence-electron chi connectivity index (χ3n) is 2.89. The molecule has 0 bridgehead atoms. The monoisotopic (exact) mass is 261 g/mol. The molecule has 2 aromatic rings. The van der Waals surface area contributed by atoms with Crippen molar-refractivity contribution in [1.82, 2.24) is 9.55 Å². The molecule has 0 saturated carbocycles. The van der Waals surface area contributed by atoms with Crippen molar-refractivity contribution in [2.24, 2.45) is 0 Å². The molecule has 2 heterocycles. The first kappa shape index (κ1) is 13.4. The lowest BCUT2D eigenvalue weighted by molar-refractivity contribution is 0.0528. The molecule has 0 amide bonds. The van der Waals surface area contributed by atoms with E-state index in [1.54, 1.807) is 19.2 Å². The SMILES string of the molecule is CCOC(=O)c1cn(C(C)(C)C)c2nc(N)ccc12. The summed E-state index contributed by atoms with van der Waals surface area (Å²) in [6.45, 7) is 8.28. The van der Waals surface area contributed by atoms with Crippen LogP contribution < -0.4 is 5.73 Å². The molecule has 0 saturated heterocycles. The van der Waals surface area contributed by atoms with Gasteiger partial charge in [0.1, 0.15) is 11.5 Å². The second-order valence-corrected chi connectivity index (χ2v) is 5.41. The molecule has 5 nitrogen and oxygen atoms in total. The lowest BCUT2D eigenvalue weighted by atomic mass is 10.1. The summed E-state index contributed by atoms with van der Waals surface area (Å²) in [4.78, 5) is 16.3. The number of nitrogens with two attached hydrogens (primary N) is 1. The van der Waals surface area contributed by atoms with Gasteiger partial charge >= 0.3 is 5.97 Å². The molecule has 0 fully saturated rings. The highest BCUT2D eigenvalue weighted by Gasteiger charge is 2.23. The van der Waals surface area contributed by atoms with Gasteiger partial charge in [-0.2, -0.15) is 0 Å². The Morgan fingerprint density at radius 3 is 2.68 bits per heavy atom. The number of esters is 1. The smallest absolute Gasteiger partial charge is 0.340 e. The number of fused-ring (bicyclic) bond motifs is 1. The molecule has 0 atom stereocenters. The summed E-state index contributed by atoms with van der Waals surface area (Å²) in [5, 5.41) is 0.766. The van der Waals surface area contributed by atoms with E-state index in [2.05, 4.69) is 4.98 Å². The summed E-state index contributed by atoms with van der Waals surface area (Å²) in [6, 6.07) is 3.50. The Morgan fingerprint density at radius 2 is 2.11 bits per heavy atom. The first-order chi connectivity index (χ1) is 8.84. The van der Waals surface area contributed by atoms with Gasteiger partial charge in [-0.25, -0.2) is 9.78 Å². The van der Waals surface area contributed by atoms with Crippen LogP contribution in [0.2, 0.25) is 0 Å². The number of carbonyl (C=O) groups is 1. The third-order valence-corrected chi connectivity index (χ3v) is 2.89. The maximum atomic E-state index is 12.0. The van der Waals surface area contributed by atoms with E-state index in [1.165, 1.54) is 0 Å². The number of carbonyl (C=O) groups excluding carboxylic acids is 1. The minimum atomic E-state index is -0.331. The van der Waals surface area contributed by atoms with Crippen molar-refractivity contribution < 1.29 is 9.53 Å². The van der Waals surface area contributed by atoms with Crippen LogP contribution in [0.3, 0.4) is 0 Å². The van der Waals surface area contributed by atoms with E-state index in [0.29, 0.717) is 23.6 Å². The van der Waals surface area contributed by atoms with Crippen molar-refractivity contribution in [3.63, 3.8) is 0 Å². The number of pyridine rings is 1. The second-order valence-electron chi connectivity index (χ2n) is 5.41. The van der Waals surface area contributed by atoms with Gasteiger partial charge < -0.3 is 15.0 Å². The Morgan fingerprint density at radius 1 is 1.42 bits per heavy atom. The molecule has 0 aromatic carbocycles. The maximum absolute atomic E-state index is 12.0. The fourth-order valence-corrected chi connectivity index (χ4v) is 2.00. The molecular formula is C14H19N3O2. The van der Waals surface area contributed by atoms with E-state index in [1.807, 2.05) is 31.4 Å². The quantitative estimate of drug-likeness (QED) is 0.843. The van der Waals surface area contributed by atoms with E-state index in [-0.39, 0.29) is 11.5 Å². The van der Waals surface area contributed by atoms with E-state index in [4.69, 9.17) is 10.5 Å². The topological polar surface area (TPSA) is 70.1 Å². The van der Waals surface area contributed by atoms with E-state index in [0.717, 1.165) is 5.39 Å². The Balaban J connectivity index is 2.70. The molecule has 0 radical (unpaired) electrons. The summed E-state index contributed by atoms with van der Waals surface area (Å²) < 4.78 is 7.03. The molecule has 0 spiro atoms. The molecular weight excluding hydrogens is 242 g/mol. The zero-order chi connectivity index (χ0) is 14.2. The van der Waals surface area contributed by atoms with Crippen LogP contribution in [0.5, 0.6) is 0 Å². The number of ether oxygens (including phenoxy) is 1. The van der Waals surface area contributed by atoms with Gasteiger partial charge in [0.05, 0.1) is 12.2 Å². The summed E-state index contributed by atoms with van der Waals surface area (Å²) in [5.74, 6) is 0.105. The van der Waals surface area contributed by atoms with Crippen molar-refractivity contribution in [3.05, 3.63) is 23.9 Å². The van der Waals surface area contributed by atoms with Crippen molar-refractivity contribution in [2.45, 2.75) is 33.2 Å². The van der Waals surface area contributed by atoms with Crippen molar-refractivity contribution >= 4 is 22.8 Å². The molecule has 2 N–H and O–H groups in total. The lowest BCUT2D eigenvalue weighted by Crippen LogP contribution is -2.21. The predicted octanol–water partition coefficient (Wildman–Crippen LogP) is 2.55. The van der Waals surface area contributed by atoms with Crippen LogP contribution in [-0.4, -0.2) is 22.1 Å². The van der Waals surface area contributed by atoms with Gasteiger partial charge in [0.15, 0.2) is 0 Å². The molecule has 5 heteroatoms. The minimum Gasteiger partial charge on any atom is -0.462 e. The van der Waals surface area contributed by atoms with Gasteiger partial charge in [-0.05, 0) is 39.8 Å². The molecule has 0 aliphatic carbocycles. The highest BCUT2D eigenvalue weighted by Crippen LogP contribution is 2.27. The van der Waals surface area contributed by atoms with Gasteiger partial charge in [-0.1, -0.05) is 0 Å². The maximum Gasteiger partial charge on any atom is 0.340 e. The van der Waals surface area contributed by atoms with Crippen LogP contribution in [0.1, 0.15) is 38.1 Å². The van der Waals surface area contributed by atoms with Crippen molar-refractivity contribution in [1.29, 1.82) is 0 Å². The summed E-state index contributed by atoms with van der Waals surface area (Å²) in [7, 11) is 0. The number of hydrogen-bond donors (Lipinski definition) is 1. The van der Waals surface area contributed by atoms with Crippen LogP contribution >= 0.6 is 0 Å². The highest BCUT2D eigenvalue weighted by molar-refractivity contribution is 6.03. The van der Waals surface area contributed by atoms with Gasteiger partial charge in [0.2, 0.25) is 0 Å². The van der Waals surface area contributed by atoms with Gasteiger partial charge in [-0.15, -0.1) is 0 Å². The van der Waals surface area contributed by atoms with Crippen LogP contribution in [-0.2, 0) is 10.3 Å². The van der Waals surface area contributed by atoms with Gasteiger partial charge in [-0.3, -0.25) is 0 Å². The first-order valence-electron chi connectivity index (χ1n) is 6.29. The zero-order valence-electron chi connectivity index (χ0n) is 11.7. The predicted molar refractivity (Wildman–Crippen MR) is 75.1 cm³/mol. The number of nitrogen functional groups attached to an aromatic ring is 1. The largest absolute Gasteiger partial charge is 0.462 e. The van der Waals surface area contributed by atoms with Crippen LogP contribution in [0.4, 0.5) is 5.82 Å². The van der Waals surface area contributed by atoms with Crippen LogP contribution in [0, 0.1) is 0 Å². The fourth-order valence-electron chi connectivity index (χ4n) is 2.00. The molecule has 0 aliphatic rings. The van der Waals surface area contributed by atoms with Gasteiger partial charge in [0.25, 0.3) is 0 Å². The van der Waals surface area contributed by atoms with Crippen molar-refractivity contribution in [3.8, 4) is 0 Å². The third kappa shape index (κ3) is 2.41. The summed E-state index contributed by atoms with van der Waals surface area (Å²) in [6.07, 6.45) is 1.79. The Hall–Kier alpha value is -2.04. The average molecular weight is 261 g/mol. The molecule has 2 aromatic heterocycles. The number of anilines is 1. The molecule has 0 aliphatic heterocycles. The second kappa shape index (κ2) is 4.57. The Labute approximate surface area is 112 Å². The molecule has 0 unspecified atom stereocenters. The normalized spacial score (nSPS) is 11.8. The van der Waals surface area contributed by atoms with E-state index in [9.17, 15) is 4.79 Å². The Bertz CT molecular complexity index is 623. The fraction of sp³-hybridized carbons (Fsp3) is 0.429. The van der Waals surface area contributed by atoms with Crippen LogP contribution in [0.25, 0.3) is 11.0 Å². The Kier molecular flexibility index (Phi) is 3.22. The number of aromatic nitrogens is 2. The first-order valence-corrected chi connectivity index (χ1v) is 6.29. The summed E-state index contributed by atoms with van der Waals surface area (Å²) >= 11 is 0. The lowest BCUT2D eigenvalue weighted by Gasteiger charge is -2.21. The molecule has 2 rings (SSSR count). The van der Waals surface area contributed by atoms with Crippen LogP contribution in [0.15, 0.2) is 18.3 Å². The minimum absolute atomic E-state index is 0.191. The number of hydrogen-bond acceptors (Lipinski definition) is 4. The average Bonchev–Trinajstić information content (AvgIpc) is 2.67. The highest BCUT2D eigenvalue weighted by atomic mass is 16.5. The zero-order valence-corrected chi connectivity index (χ0v) is 11.7. The van der Waals surface area contributed by atoms with E-state index >= 15 is 0 Å². The van der Waals surface area contributed by atoms with Gasteiger partial charge in [0, 0.05) is 17.1 Å². The van der Waals surface area contributed by atoms with Crippen molar-refractivity contribution in [2.75, 3.05) is 12.3 Å². The number of nitrogens with zero attached hydrogens (tertiary/aromatic N) is 2. The number of rotatable bonds is 2. The standard InChI is InChI=1S/C14H19N3O2/c1-5-19-13(18)10-8-17(14(2,3)4)12-9(10)6-7-11(15)16-12/h6-8H,5H2,1-4H3,(H2,15,16).